The molecule has 0 spiro atoms. The molecular formula is C25H26N2O5S2. The molecule has 9 heteroatoms. The first-order chi connectivity index (χ1) is 16.2. The molecule has 0 aliphatic carbocycles. The minimum Gasteiger partial charge on any atom is -0.330 e. The van der Waals surface area contributed by atoms with Crippen LogP contribution < -0.4 is 4.31 Å². The van der Waals surface area contributed by atoms with Crippen LogP contribution in [0, 0.1) is 0 Å². The number of sulfone groups is 1. The van der Waals surface area contributed by atoms with Crippen molar-refractivity contribution in [3.8, 4) is 0 Å². The second-order valence-electron chi connectivity index (χ2n) is 8.31. The Morgan fingerprint density at radius 2 is 1.50 bits per heavy atom. The number of sulfonamides is 1. The summed E-state index contributed by atoms with van der Waals surface area (Å²) in [5.41, 5.74) is 1.73. The van der Waals surface area contributed by atoms with Gasteiger partial charge in [0.25, 0.3) is 15.9 Å². The molecule has 0 unspecified atom stereocenters. The highest BCUT2D eigenvalue weighted by atomic mass is 32.2. The summed E-state index contributed by atoms with van der Waals surface area (Å²) < 4.78 is 51.4. The van der Waals surface area contributed by atoms with Gasteiger partial charge in [-0.25, -0.2) is 16.8 Å². The fourth-order valence-electron chi connectivity index (χ4n) is 4.04. The van der Waals surface area contributed by atoms with Gasteiger partial charge in [-0.3, -0.25) is 9.10 Å². The first-order valence-electron chi connectivity index (χ1n) is 10.9. The van der Waals surface area contributed by atoms with E-state index in [4.69, 9.17) is 0 Å². The lowest BCUT2D eigenvalue weighted by atomic mass is 10.1. The molecule has 7 nitrogen and oxygen atoms in total. The van der Waals surface area contributed by atoms with E-state index in [0.29, 0.717) is 17.7 Å². The van der Waals surface area contributed by atoms with E-state index in [-0.39, 0.29) is 28.9 Å². The van der Waals surface area contributed by atoms with E-state index in [1.807, 2.05) is 30.3 Å². The predicted octanol–water partition coefficient (Wildman–Crippen LogP) is 3.34. The minimum absolute atomic E-state index is 0.0548. The normalized spacial score (nSPS) is 17.3. The quantitative estimate of drug-likeness (QED) is 0.498. The first-order valence-corrected chi connectivity index (χ1v) is 14.1. The number of carbonyl (C=O) groups excluding carboxylic acids is 1. The van der Waals surface area contributed by atoms with E-state index in [1.165, 1.54) is 35.6 Å². The van der Waals surface area contributed by atoms with Crippen LogP contribution in [0.3, 0.4) is 0 Å². The zero-order chi connectivity index (χ0) is 24.3. The van der Waals surface area contributed by atoms with Gasteiger partial charge in [-0.05, 0) is 48.4 Å². The van der Waals surface area contributed by atoms with Crippen LogP contribution in [-0.2, 0) is 26.4 Å². The van der Waals surface area contributed by atoms with Crippen LogP contribution in [0.5, 0.6) is 0 Å². The lowest BCUT2D eigenvalue weighted by Gasteiger charge is -2.28. The van der Waals surface area contributed by atoms with Crippen molar-refractivity contribution in [1.82, 2.24) is 4.90 Å². The Morgan fingerprint density at radius 3 is 2.06 bits per heavy atom. The molecule has 3 aromatic rings. The Morgan fingerprint density at radius 1 is 0.912 bits per heavy atom. The van der Waals surface area contributed by atoms with E-state index in [2.05, 4.69) is 0 Å². The van der Waals surface area contributed by atoms with Gasteiger partial charge < -0.3 is 4.90 Å². The maximum atomic E-state index is 13.4. The Balaban J connectivity index is 1.60. The summed E-state index contributed by atoms with van der Waals surface area (Å²) in [5.74, 6) is -0.342. The molecule has 178 valence electrons. The number of para-hydroxylation sites is 1. The monoisotopic (exact) mass is 498 g/mol. The lowest BCUT2D eigenvalue weighted by Crippen LogP contribution is -2.40. The number of anilines is 1. The van der Waals surface area contributed by atoms with Crippen LogP contribution in [-0.4, -0.2) is 52.2 Å². The molecule has 0 aromatic heterocycles. The average molecular weight is 499 g/mol. The predicted molar refractivity (Wildman–Crippen MR) is 132 cm³/mol. The highest BCUT2D eigenvalue weighted by Gasteiger charge is 2.35. The van der Waals surface area contributed by atoms with E-state index in [1.54, 1.807) is 35.2 Å². The summed E-state index contributed by atoms with van der Waals surface area (Å²) in [7, 11) is -5.52. The summed E-state index contributed by atoms with van der Waals surface area (Å²) >= 11 is 0. The van der Waals surface area contributed by atoms with Crippen molar-refractivity contribution in [3.05, 3.63) is 96.1 Å². The van der Waals surface area contributed by atoms with E-state index < -0.39 is 25.9 Å². The topological polar surface area (TPSA) is 91.8 Å². The molecule has 1 fully saturated rings. The van der Waals surface area contributed by atoms with Crippen molar-refractivity contribution in [2.45, 2.75) is 23.9 Å². The lowest BCUT2D eigenvalue weighted by molar-refractivity contribution is 0.0681. The van der Waals surface area contributed by atoms with Crippen LogP contribution in [0.1, 0.15) is 22.3 Å². The van der Waals surface area contributed by atoms with Gasteiger partial charge in [0.1, 0.15) is 0 Å². The van der Waals surface area contributed by atoms with Crippen molar-refractivity contribution in [2.75, 3.05) is 22.9 Å². The van der Waals surface area contributed by atoms with Gasteiger partial charge in [0.05, 0.1) is 22.1 Å². The Kier molecular flexibility index (Phi) is 6.77. The van der Waals surface area contributed by atoms with Gasteiger partial charge in [-0.1, -0.05) is 48.5 Å². The maximum Gasteiger partial charge on any atom is 0.264 e. The summed E-state index contributed by atoms with van der Waals surface area (Å²) in [6.07, 6.45) is 0.384. The SMILES string of the molecule is CN(c1ccccc1)S(=O)(=O)c1ccc(C(=O)N(Cc2ccccc2)[C@@H]2CCS(=O)(=O)C2)cc1. The molecule has 1 atom stereocenters. The van der Waals surface area contributed by atoms with Gasteiger partial charge in [0.15, 0.2) is 9.84 Å². The molecule has 3 aromatic carbocycles. The minimum atomic E-state index is -3.81. The maximum absolute atomic E-state index is 13.4. The number of amides is 1. The number of rotatable bonds is 7. The van der Waals surface area contributed by atoms with Gasteiger partial charge in [-0.15, -0.1) is 0 Å². The van der Waals surface area contributed by atoms with E-state index in [0.717, 1.165) is 5.56 Å². The van der Waals surface area contributed by atoms with Gasteiger partial charge in [0.2, 0.25) is 0 Å². The Labute approximate surface area is 200 Å². The van der Waals surface area contributed by atoms with Gasteiger partial charge >= 0.3 is 0 Å². The fourth-order valence-corrected chi connectivity index (χ4v) is 6.96. The second-order valence-corrected chi connectivity index (χ2v) is 12.5. The van der Waals surface area contributed by atoms with Gasteiger partial charge in [0, 0.05) is 25.2 Å². The zero-order valence-corrected chi connectivity index (χ0v) is 20.4. The Bertz CT molecular complexity index is 1360. The molecule has 34 heavy (non-hydrogen) atoms. The van der Waals surface area contributed by atoms with E-state index >= 15 is 0 Å². The van der Waals surface area contributed by atoms with Crippen molar-refractivity contribution in [1.29, 1.82) is 0 Å². The fraction of sp³-hybridized carbons (Fsp3) is 0.240. The largest absolute Gasteiger partial charge is 0.330 e. The number of hydrogen-bond acceptors (Lipinski definition) is 5. The summed E-state index contributed by atoms with van der Waals surface area (Å²) in [6.45, 7) is 0.274. The molecule has 1 aliphatic rings. The molecule has 0 saturated carbocycles. The highest BCUT2D eigenvalue weighted by Crippen LogP contribution is 2.25. The summed E-state index contributed by atoms with van der Waals surface area (Å²) in [6, 6.07) is 23.5. The third kappa shape index (κ3) is 5.15. The second kappa shape index (κ2) is 9.60. The number of benzene rings is 3. The zero-order valence-electron chi connectivity index (χ0n) is 18.7. The molecule has 1 aliphatic heterocycles. The van der Waals surface area contributed by atoms with Gasteiger partial charge in [-0.2, -0.15) is 0 Å². The molecule has 4 rings (SSSR count). The third-order valence-corrected chi connectivity index (χ3v) is 9.54. The molecular weight excluding hydrogens is 472 g/mol. The van der Waals surface area contributed by atoms with E-state index in [9.17, 15) is 21.6 Å². The number of hydrogen-bond donors (Lipinski definition) is 0. The van der Waals surface area contributed by atoms with Crippen molar-refractivity contribution < 1.29 is 21.6 Å². The molecule has 1 amide bonds. The molecule has 1 heterocycles. The van der Waals surface area contributed by atoms with Crippen molar-refractivity contribution >= 4 is 31.5 Å². The number of nitrogens with zero attached hydrogens (tertiary/aromatic N) is 2. The van der Waals surface area contributed by atoms with Crippen LogP contribution in [0.15, 0.2) is 89.8 Å². The van der Waals surface area contributed by atoms with Crippen LogP contribution >= 0.6 is 0 Å². The molecule has 0 bridgehead atoms. The molecule has 0 radical (unpaired) electrons. The van der Waals surface area contributed by atoms with Crippen molar-refractivity contribution in [3.63, 3.8) is 0 Å². The molecule has 1 saturated heterocycles. The average Bonchev–Trinajstić information content (AvgIpc) is 3.22. The van der Waals surface area contributed by atoms with Crippen LogP contribution in [0.25, 0.3) is 0 Å². The number of carbonyl (C=O) groups is 1. The standard InChI is InChI=1S/C25H26N2O5S2/c1-26(22-10-6-3-7-11-22)34(31,32)24-14-12-21(13-15-24)25(28)27(18-20-8-4-2-5-9-20)23-16-17-33(29,30)19-23/h2-15,23H,16-19H2,1H3/t23-/m1/s1. The van der Waals surface area contributed by atoms with Crippen molar-refractivity contribution in [2.24, 2.45) is 0 Å². The highest BCUT2D eigenvalue weighted by molar-refractivity contribution is 7.92. The smallest absolute Gasteiger partial charge is 0.264 e. The first kappa shape index (κ1) is 24.0. The Hall–Kier alpha value is -3.17. The third-order valence-electron chi connectivity index (χ3n) is 5.99. The summed E-state index contributed by atoms with van der Waals surface area (Å²) in [4.78, 5) is 15.1. The van der Waals surface area contributed by atoms with Crippen LogP contribution in [0.2, 0.25) is 0 Å². The summed E-state index contributed by atoms with van der Waals surface area (Å²) in [5, 5.41) is 0. The molecule has 0 N–H and O–H groups in total. The van der Waals surface area contributed by atoms with Crippen LogP contribution in [0.4, 0.5) is 5.69 Å².